The van der Waals surface area contributed by atoms with Crippen LogP contribution in [0.15, 0.2) is 41.3 Å². The molecule has 1 atom stereocenters. The van der Waals surface area contributed by atoms with Gasteiger partial charge in [-0.25, -0.2) is 0 Å². The smallest absolute Gasteiger partial charge is 0.263 e. The molecule has 0 saturated carbocycles. The molecule has 1 aliphatic heterocycles. The van der Waals surface area contributed by atoms with Gasteiger partial charge in [0.15, 0.2) is 0 Å². The van der Waals surface area contributed by atoms with Gasteiger partial charge in [-0.2, -0.15) is 0 Å². The molecule has 1 aromatic heterocycles. The van der Waals surface area contributed by atoms with Gasteiger partial charge in [0, 0.05) is 37.3 Å². The van der Waals surface area contributed by atoms with E-state index in [1.54, 1.807) is 22.6 Å². The largest absolute Gasteiger partial charge is 0.394 e. The van der Waals surface area contributed by atoms with Gasteiger partial charge in [-0.05, 0) is 36.5 Å². The number of nitrogens with zero attached hydrogens (tertiary/aromatic N) is 2. The molecular formula is C25H33N3O4. The summed E-state index contributed by atoms with van der Waals surface area (Å²) in [7, 11) is 0. The SMILES string of the molecule is C[C@H](CO)NC(=O)c1c2c(cn(CCc3ccccc3)c1=O)CN(C(=O)C(C)(C)C)CC2. The third-order valence-electron chi connectivity index (χ3n) is 5.76. The van der Waals surface area contributed by atoms with Gasteiger partial charge in [0.25, 0.3) is 11.5 Å². The Hall–Kier alpha value is -2.93. The van der Waals surface area contributed by atoms with Crippen LogP contribution in [0, 0.1) is 5.41 Å². The molecule has 172 valence electrons. The summed E-state index contributed by atoms with van der Waals surface area (Å²) in [5, 5.41) is 12.0. The van der Waals surface area contributed by atoms with Crippen LogP contribution in [-0.2, 0) is 30.7 Å². The number of aliphatic hydroxyl groups excluding tert-OH is 1. The first-order valence-corrected chi connectivity index (χ1v) is 11.1. The van der Waals surface area contributed by atoms with Crippen molar-refractivity contribution in [3.05, 3.63) is 69.1 Å². The molecule has 7 nitrogen and oxygen atoms in total. The minimum atomic E-state index is -0.504. The summed E-state index contributed by atoms with van der Waals surface area (Å²) in [6.45, 7) is 8.41. The van der Waals surface area contributed by atoms with Gasteiger partial charge in [-0.1, -0.05) is 51.1 Å². The molecule has 0 aliphatic carbocycles. The van der Waals surface area contributed by atoms with Crippen molar-refractivity contribution in [2.24, 2.45) is 5.41 Å². The Balaban J connectivity index is 1.99. The molecule has 2 heterocycles. The highest BCUT2D eigenvalue weighted by molar-refractivity contribution is 5.96. The lowest BCUT2D eigenvalue weighted by Gasteiger charge is -2.34. The van der Waals surface area contributed by atoms with Crippen molar-refractivity contribution in [3.8, 4) is 0 Å². The summed E-state index contributed by atoms with van der Waals surface area (Å²) in [6.07, 6.45) is 2.90. The number of aromatic nitrogens is 1. The quantitative estimate of drug-likeness (QED) is 0.721. The Morgan fingerprint density at radius 2 is 1.88 bits per heavy atom. The number of carbonyl (C=O) groups excluding carboxylic acids is 2. The average molecular weight is 440 g/mol. The summed E-state index contributed by atoms with van der Waals surface area (Å²) in [6, 6.07) is 9.40. The summed E-state index contributed by atoms with van der Waals surface area (Å²) in [5.74, 6) is -0.428. The van der Waals surface area contributed by atoms with E-state index < -0.39 is 17.4 Å². The number of hydrogen-bond acceptors (Lipinski definition) is 4. The van der Waals surface area contributed by atoms with Crippen molar-refractivity contribution in [3.63, 3.8) is 0 Å². The fourth-order valence-electron chi connectivity index (χ4n) is 3.99. The van der Waals surface area contributed by atoms with Gasteiger partial charge >= 0.3 is 0 Å². The number of rotatable bonds is 6. The van der Waals surface area contributed by atoms with Crippen molar-refractivity contribution in [2.45, 2.75) is 59.7 Å². The van der Waals surface area contributed by atoms with E-state index in [0.29, 0.717) is 38.0 Å². The van der Waals surface area contributed by atoms with E-state index in [2.05, 4.69) is 5.32 Å². The molecule has 0 fully saturated rings. The van der Waals surface area contributed by atoms with Crippen LogP contribution < -0.4 is 10.9 Å². The van der Waals surface area contributed by atoms with Crippen LogP contribution in [0.5, 0.6) is 0 Å². The zero-order valence-corrected chi connectivity index (χ0v) is 19.4. The summed E-state index contributed by atoms with van der Waals surface area (Å²) in [4.78, 5) is 40.9. The van der Waals surface area contributed by atoms with E-state index in [1.807, 2.05) is 51.1 Å². The van der Waals surface area contributed by atoms with Crippen molar-refractivity contribution in [1.29, 1.82) is 0 Å². The Morgan fingerprint density at radius 1 is 1.19 bits per heavy atom. The number of aryl methyl sites for hydroxylation is 2. The first kappa shape index (κ1) is 23.7. The predicted molar refractivity (Wildman–Crippen MR) is 123 cm³/mol. The van der Waals surface area contributed by atoms with Crippen molar-refractivity contribution in [2.75, 3.05) is 13.2 Å². The van der Waals surface area contributed by atoms with Crippen molar-refractivity contribution >= 4 is 11.8 Å². The first-order chi connectivity index (χ1) is 15.1. The van der Waals surface area contributed by atoms with Crippen LogP contribution in [-0.4, -0.2) is 45.6 Å². The van der Waals surface area contributed by atoms with Gasteiger partial charge in [-0.15, -0.1) is 0 Å². The fraction of sp³-hybridized carbons (Fsp3) is 0.480. The molecular weight excluding hydrogens is 406 g/mol. The molecule has 3 rings (SSSR count). The maximum atomic E-state index is 13.3. The zero-order chi connectivity index (χ0) is 23.5. The predicted octanol–water partition coefficient (Wildman–Crippen LogP) is 2.13. The highest BCUT2D eigenvalue weighted by atomic mass is 16.3. The number of hydrogen-bond donors (Lipinski definition) is 2. The minimum Gasteiger partial charge on any atom is -0.394 e. The van der Waals surface area contributed by atoms with Gasteiger partial charge < -0.3 is 19.9 Å². The third kappa shape index (κ3) is 5.27. The van der Waals surface area contributed by atoms with Crippen LogP contribution in [0.4, 0.5) is 0 Å². The van der Waals surface area contributed by atoms with E-state index in [-0.39, 0.29) is 23.6 Å². The molecule has 0 spiro atoms. The van der Waals surface area contributed by atoms with Crippen LogP contribution in [0.2, 0.25) is 0 Å². The first-order valence-electron chi connectivity index (χ1n) is 11.1. The number of nitrogens with one attached hydrogen (secondary N) is 1. The molecule has 0 saturated heterocycles. The average Bonchev–Trinajstić information content (AvgIpc) is 2.76. The second-order valence-corrected chi connectivity index (χ2v) is 9.53. The van der Waals surface area contributed by atoms with E-state index >= 15 is 0 Å². The van der Waals surface area contributed by atoms with Gasteiger partial charge in [-0.3, -0.25) is 14.4 Å². The number of fused-ring (bicyclic) bond motifs is 1. The Labute approximate surface area is 189 Å². The molecule has 32 heavy (non-hydrogen) atoms. The Bertz CT molecular complexity index is 1040. The molecule has 0 unspecified atom stereocenters. The van der Waals surface area contributed by atoms with Crippen LogP contribution in [0.25, 0.3) is 0 Å². The number of carbonyl (C=O) groups is 2. The van der Waals surface area contributed by atoms with E-state index in [0.717, 1.165) is 11.1 Å². The molecule has 1 aliphatic rings. The van der Waals surface area contributed by atoms with Crippen molar-refractivity contribution in [1.82, 2.24) is 14.8 Å². The van der Waals surface area contributed by atoms with Crippen LogP contribution >= 0.6 is 0 Å². The monoisotopic (exact) mass is 439 g/mol. The molecule has 2 N–H and O–H groups in total. The lowest BCUT2D eigenvalue weighted by atomic mass is 9.91. The van der Waals surface area contributed by atoms with Crippen molar-refractivity contribution < 1.29 is 14.7 Å². The number of benzene rings is 1. The Morgan fingerprint density at radius 3 is 2.50 bits per heavy atom. The van der Waals surface area contributed by atoms with E-state index in [1.165, 1.54) is 0 Å². The molecule has 1 aromatic carbocycles. The van der Waals surface area contributed by atoms with Gasteiger partial charge in [0.05, 0.1) is 6.61 Å². The second kappa shape index (κ2) is 9.69. The number of amides is 2. The topological polar surface area (TPSA) is 91.6 Å². The maximum Gasteiger partial charge on any atom is 0.263 e. The molecule has 2 aromatic rings. The summed E-state index contributed by atoms with van der Waals surface area (Å²) < 4.78 is 1.58. The minimum absolute atomic E-state index is 0.0464. The maximum absolute atomic E-state index is 13.3. The Kier molecular flexibility index (Phi) is 7.19. The lowest BCUT2D eigenvalue weighted by Crippen LogP contribution is -2.45. The molecule has 7 heteroatoms. The fourth-order valence-corrected chi connectivity index (χ4v) is 3.99. The third-order valence-corrected chi connectivity index (χ3v) is 5.76. The van der Waals surface area contributed by atoms with Crippen LogP contribution in [0.3, 0.4) is 0 Å². The molecule has 2 amide bonds. The second-order valence-electron chi connectivity index (χ2n) is 9.53. The van der Waals surface area contributed by atoms with Crippen LogP contribution in [0.1, 0.15) is 54.7 Å². The van der Waals surface area contributed by atoms with E-state index in [9.17, 15) is 19.5 Å². The van der Waals surface area contributed by atoms with E-state index in [4.69, 9.17) is 0 Å². The lowest BCUT2D eigenvalue weighted by molar-refractivity contribution is -0.140. The standard InChI is InChI=1S/C25H33N3O4/c1-17(16-29)26-22(30)21-20-11-13-28(24(32)25(2,3)4)15-19(20)14-27(23(21)31)12-10-18-8-6-5-7-9-18/h5-9,14,17,29H,10-13,15-16H2,1-4H3,(H,26,30)/t17-/m1/s1. The van der Waals surface area contributed by atoms with Gasteiger partial charge in [0.2, 0.25) is 5.91 Å². The number of pyridine rings is 1. The summed E-state index contributed by atoms with van der Waals surface area (Å²) >= 11 is 0. The molecule has 0 bridgehead atoms. The summed E-state index contributed by atoms with van der Waals surface area (Å²) in [5.41, 5.74) is 1.91. The normalized spacial score (nSPS) is 14.6. The number of aliphatic hydroxyl groups is 1. The molecule has 0 radical (unpaired) electrons. The highest BCUT2D eigenvalue weighted by Crippen LogP contribution is 2.25. The zero-order valence-electron chi connectivity index (χ0n) is 19.4. The van der Waals surface area contributed by atoms with Gasteiger partial charge in [0.1, 0.15) is 5.56 Å². The highest BCUT2D eigenvalue weighted by Gasteiger charge is 2.32.